The molecule has 4 nitrogen and oxygen atoms in total. The molecule has 21 heavy (non-hydrogen) atoms. The minimum Gasteiger partial charge on any atom is -0.490 e. The zero-order chi connectivity index (χ0) is 15.2. The number of halogens is 2. The lowest BCUT2D eigenvalue weighted by atomic mass is 10.2. The minimum absolute atomic E-state index is 0.0259. The molecule has 0 amide bonds. The van der Waals surface area contributed by atoms with E-state index < -0.39 is 11.8 Å². The molecule has 0 aliphatic heterocycles. The molecule has 0 saturated carbocycles. The number of carbonyl (C=O) groups is 1. The van der Waals surface area contributed by atoms with E-state index in [-0.39, 0.29) is 29.5 Å². The minimum atomic E-state index is -1.03. The number of ether oxygens (including phenoxy) is 2. The summed E-state index contributed by atoms with van der Waals surface area (Å²) in [6, 6.07) is 10.3. The van der Waals surface area contributed by atoms with Gasteiger partial charge in [-0.25, -0.2) is 9.18 Å². The second kappa shape index (κ2) is 6.95. The van der Waals surface area contributed by atoms with Crippen molar-refractivity contribution in [3.8, 4) is 11.5 Å². The molecule has 0 atom stereocenters. The SMILES string of the molecule is O=C(O)c1cccc(OCCOc2c(F)cccc2Cl)c1. The Kier molecular flexibility index (Phi) is 5.00. The molecule has 1 N–H and O–H groups in total. The molecule has 0 spiro atoms. The molecular weight excluding hydrogens is 299 g/mol. The molecule has 0 aromatic heterocycles. The van der Waals surface area contributed by atoms with Crippen LogP contribution in [-0.4, -0.2) is 24.3 Å². The van der Waals surface area contributed by atoms with Gasteiger partial charge in [-0.05, 0) is 30.3 Å². The average molecular weight is 311 g/mol. The topological polar surface area (TPSA) is 55.8 Å². The number of para-hydroxylation sites is 1. The lowest BCUT2D eigenvalue weighted by Crippen LogP contribution is -2.10. The first-order chi connectivity index (χ1) is 10.1. The monoisotopic (exact) mass is 310 g/mol. The van der Waals surface area contributed by atoms with Gasteiger partial charge in [-0.3, -0.25) is 0 Å². The molecule has 2 rings (SSSR count). The largest absolute Gasteiger partial charge is 0.490 e. The highest BCUT2D eigenvalue weighted by Crippen LogP contribution is 2.27. The maximum Gasteiger partial charge on any atom is 0.335 e. The maximum absolute atomic E-state index is 13.4. The third kappa shape index (κ3) is 4.10. The summed E-state index contributed by atoms with van der Waals surface area (Å²) in [6.45, 7) is 0.214. The van der Waals surface area contributed by atoms with Crippen LogP contribution in [0, 0.1) is 5.82 Å². The van der Waals surface area contributed by atoms with E-state index in [1.807, 2.05) is 0 Å². The van der Waals surface area contributed by atoms with Crippen LogP contribution >= 0.6 is 11.6 Å². The van der Waals surface area contributed by atoms with Gasteiger partial charge in [0.2, 0.25) is 0 Å². The molecule has 2 aromatic rings. The Hall–Kier alpha value is -2.27. The zero-order valence-corrected chi connectivity index (χ0v) is 11.6. The highest BCUT2D eigenvalue weighted by atomic mass is 35.5. The first-order valence-corrected chi connectivity index (χ1v) is 6.48. The van der Waals surface area contributed by atoms with Crippen LogP contribution in [-0.2, 0) is 0 Å². The molecule has 0 bridgehead atoms. The predicted octanol–water partition coefficient (Wildman–Crippen LogP) is 3.64. The van der Waals surface area contributed by atoms with Crippen molar-refractivity contribution < 1.29 is 23.8 Å². The van der Waals surface area contributed by atoms with Gasteiger partial charge < -0.3 is 14.6 Å². The molecule has 0 fully saturated rings. The summed E-state index contributed by atoms with van der Waals surface area (Å²) in [5.41, 5.74) is 0.130. The second-order valence-corrected chi connectivity index (χ2v) is 4.49. The van der Waals surface area contributed by atoms with Crippen LogP contribution in [0.4, 0.5) is 4.39 Å². The fourth-order valence-corrected chi connectivity index (χ4v) is 1.86. The van der Waals surface area contributed by atoms with Crippen molar-refractivity contribution in [1.82, 2.24) is 0 Å². The highest BCUT2D eigenvalue weighted by Gasteiger charge is 2.08. The van der Waals surface area contributed by atoms with Crippen molar-refractivity contribution in [3.63, 3.8) is 0 Å². The fourth-order valence-electron chi connectivity index (χ4n) is 1.64. The number of hydrogen-bond donors (Lipinski definition) is 1. The third-order valence-electron chi connectivity index (χ3n) is 2.60. The maximum atomic E-state index is 13.4. The van der Waals surface area contributed by atoms with Gasteiger partial charge in [-0.1, -0.05) is 23.7 Å². The normalized spacial score (nSPS) is 10.2. The van der Waals surface area contributed by atoms with Gasteiger partial charge in [0.25, 0.3) is 0 Å². The lowest BCUT2D eigenvalue weighted by Gasteiger charge is -2.10. The van der Waals surface area contributed by atoms with E-state index >= 15 is 0 Å². The van der Waals surface area contributed by atoms with E-state index in [2.05, 4.69) is 0 Å². The van der Waals surface area contributed by atoms with E-state index in [0.717, 1.165) is 0 Å². The van der Waals surface area contributed by atoms with E-state index in [4.69, 9.17) is 26.2 Å². The Morgan fingerprint density at radius 1 is 1.14 bits per heavy atom. The standard InChI is InChI=1S/C15H12ClFO4/c16-12-5-2-6-13(17)14(12)21-8-7-20-11-4-1-3-10(9-11)15(18)19/h1-6,9H,7-8H2,(H,18,19). The summed E-state index contributed by atoms with van der Waals surface area (Å²) >= 11 is 5.81. The van der Waals surface area contributed by atoms with Crippen LogP contribution in [0.25, 0.3) is 0 Å². The van der Waals surface area contributed by atoms with Crippen LogP contribution in [0.15, 0.2) is 42.5 Å². The molecule has 2 aromatic carbocycles. The molecule has 6 heteroatoms. The van der Waals surface area contributed by atoms with Crippen LogP contribution in [0.2, 0.25) is 5.02 Å². The van der Waals surface area contributed by atoms with Gasteiger partial charge in [0.15, 0.2) is 11.6 Å². The van der Waals surface area contributed by atoms with Gasteiger partial charge >= 0.3 is 5.97 Å². The van der Waals surface area contributed by atoms with E-state index in [1.54, 1.807) is 12.1 Å². The number of carboxylic acid groups (broad SMARTS) is 1. The van der Waals surface area contributed by atoms with Crippen molar-refractivity contribution in [1.29, 1.82) is 0 Å². The predicted molar refractivity (Wildman–Crippen MR) is 75.8 cm³/mol. The van der Waals surface area contributed by atoms with Gasteiger partial charge in [0.05, 0.1) is 10.6 Å². The molecule has 110 valence electrons. The van der Waals surface area contributed by atoms with E-state index in [1.165, 1.54) is 30.3 Å². The zero-order valence-electron chi connectivity index (χ0n) is 10.9. The first-order valence-electron chi connectivity index (χ1n) is 6.11. The molecule has 0 saturated heterocycles. The lowest BCUT2D eigenvalue weighted by molar-refractivity contribution is 0.0696. The number of carboxylic acids is 1. The summed E-state index contributed by atoms with van der Waals surface area (Å²) < 4.78 is 24.0. The fraction of sp³-hybridized carbons (Fsp3) is 0.133. The van der Waals surface area contributed by atoms with E-state index in [9.17, 15) is 9.18 Å². The van der Waals surface area contributed by atoms with E-state index in [0.29, 0.717) is 5.75 Å². The summed E-state index contributed by atoms with van der Waals surface area (Å²) in [5.74, 6) is -1.20. The molecule has 0 unspecified atom stereocenters. The van der Waals surface area contributed by atoms with Crippen LogP contribution in [0.5, 0.6) is 11.5 Å². The van der Waals surface area contributed by atoms with Crippen molar-refractivity contribution >= 4 is 17.6 Å². The smallest absolute Gasteiger partial charge is 0.335 e. The molecule has 0 aliphatic rings. The molecule has 0 heterocycles. The van der Waals surface area contributed by atoms with Gasteiger partial charge in [0.1, 0.15) is 19.0 Å². The van der Waals surface area contributed by atoms with Crippen LogP contribution in [0.1, 0.15) is 10.4 Å². The van der Waals surface area contributed by atoms with Crippen molar-refractivity contribution in [3.05, 3.63) is 58.9 Å². The molecule has 0 aliphatic carbocycles. The second-order valence-electron chi connectivity index (χ2n) is 4.08. The van der Waals surface area contributed by atoms with Gasteiger partial charge in [0, 0.05) is 0 Å². The van der Waals surface area contributed by atoms with Crippen molar-refractivity contribution in [2.45, 2.75) is 0 Å². The number of benzene rings is 2. The van der Waals surface area contributed by atoms with Gasteiger partial charge in [-0.2, -0.15) is 0 Å². The summed E-state index contributed by atoms with van der Waals surface area (Å²) in [4.78, 5) is 10.8. The number of aromatic carboxylic acids is 1. The Bertz CT molecular complexity index is 625. The van der Waals surface area contributed by atoms with Crippen molar-refractivity contribution in [2.75, 3.05) is 13.2 Å². The molecular formula is C15H12ClFO4. The Morgan fingerprint density at radius 3 is 2.57 bits per heavy atom. The third-order valence-corrected chi connectivity index (χ3v) is 2.90. The average Bonchev–Trinajstić information content (AvgIpc) is 2.46. The quantitative estimate of drug-likeness (QED) is 0.828. The number of rotatable bonds is 6. The van der Waals surface area contributed by atoms with Crippen molar-refractivity contribution in [2.24, 2.45) is 0 Å². The Labute approximate surface area is 125 Å². The first kappa shape index (κ1) is 15.1. The van der Waals surface area contributed by atoms with Crippen LogP contribution < -0.4 is 9.47 Å². The summed E-state index contributed by atoms with van der Waals surface area (Å²) in [5, 5.41) is 9.04. The van der Waals surface area contributed by atoms with Crippen LogP contribution in [0.3, 0.4) is 0 Å². The highest BCUT2D eigenvalue weighted by molar-refractivity contribution is 6.32. The number of hydrogen-bond acceptors (Lipinski definition) is 3. The Morgan fingerprint density at radius 2 is 1.86 bits per heavy atom. The van der Waals surface area contributed by atoms with Gasteiger partial charge in [-0.15, -0.1) is 0 Å². The summed E-state index contributed by atoms with van der Waals surface area (Å²) in [6.07, 6.45) is 0. The summed E-state index contributed by atoms with van der Waals surface area (Å²) in [7, 11) is 0. The molecule has 0 radical (unpaired) electrons. The Balaban J connectivity index is 1.88.